The molecule has 0 aliphatic carbocycles. The molecule has 1 aromatic rings. The van der Waals surface area contributed by atoms with Gasteiger partial charge in [0.25, 0.3) is 0 Å². The molecule has 6 nitrogen and oxygen atoms in total. The van der Waals surface area contributed by atoms with Gasteiger partial charge in [0.2, 0.25) is 15.5 Å². The van der Waals surface area contributed by atoms with Crippen LogP contribution in [0.2, 0.25) is 0 Å². The fourth-order valence-corrected chi connectivity index (χ4v) is 2.51. The van der Waals surface area contributed by atoms with Gasteiger partial charge in [-0.25, -0.2) is 13.1 Å². The van der Waals surface area contributed by atoms with E-state index in [2.05, 4.69) is 9.71 Å². The second-order valence-electron chi connectivity index (χ2n) is 3.28. The minimum atomic E-state index is -3.87. The predicted octanol–water partition coefficient (Wildman–Crippen LogP) is -0.576. The van der Waals surface area contributed by atoms with Crippen molar-refractivity contribution in [2.45, 2.75) is 24.3 Å². The van der Waals surface area contributed by atoms with Crippen molar-refractivity contribution in [2.75, 3.05) is 6.61 Å². The van der Waals surface area contributed by atoms with Crippen molar-refractivity contribution >= 4 is 10.0 Å². The average molecular weight is 246 g/mol. The Kier molecular flexibility index (Phi) is 4.22. The summed E-state index contributed by atoms with van der Waals surface area (Å²) < 4.78 is 25.7. The monoisotopic (exact) mass is 246 g/mol. The maximum atomic E-state index is 11.7. The van der Waals surface area contributed by atoms with E-state index in [-0.39, 0.29) is 11.5 Å². The molecule has 0 radical (unpaired) electrons. The van der Waals surface area contributed by atoms with Gasteiger partial charge in [-0.1, -0.05) is 6.92 Å². The molecule has 0 aromatic carbocycles. The summed E-state index contributed by atoms with van der Waals surface area (Å²) in [5, 5.41) is 8.89. The largest absolute Gasteiger partial charge is 0.395 e. The Morgan fingerprint density at radius 3 is 2.75 bits per heavy atom. The van der Waals surface area contributed by atoms with Crippen LogP contribution in [0.3, 0.4) is 0 Å². The van der Waals surface area contributed by atoms with Crippen LogP contribution in [0.1, 0.15) is 13.3 Å². The minimum Gasteiger partial charge on any atom is -0.395 e. The van der Waals surface area contributed by atoms with Gasteiger partial charge in [-0.3, -0.25) is 4.79 Å². The van der Waals surface area contributed by atoms with Gasteiger partial charge in [0.1, 0.15) is 4.90 Å². The van der Waals surface area contributed by atoms with Crippen LogP contribution in [0.25, 0.3) is 0 Å². The van der Waals surface area contributed by atoms with Crippen molar-refractivity contribution in [2.24, 2.45) is 0 Å². The highest BCUT2D eigenvalue weighted by Crippen LogP contribution is 2.02. The van der Waals surface area contributed by atoms with Crippen LogP contribution < -0.4 is 10.2 Å². The summed E-state index contributed by atoms with van der Waals surface area (Å²) in [6.45, 7) is 1.43. The first-order valence-corrected chi connectivity index (χ1v) is 6.30. The fourth-order valence-electron chi connectivity index (χ4n) is 1.14. The van der Waals surface area contributed by atoms with Crippen LogP contribution in [-0.4, -0.2) is 31.2 Å². The van der Waals surface area contributed by atoms with E-state index in [1.807, 2.05) is 0 Å². The van der Waals surface area contributed by atoms with E-state index < -0.39 is 21.5 Å². The molecule has 0 bridgehead atoms. The molecule has 0 spiro atoms. The van der Waals surface area contributed by atoms with E-state index in [9.17, 15) is 13.2 Å². The first-order chi connectivity index (χ1) is 7.51. The molecule has 1 rings (SSSR count). The zero-order valence-electron chi connectivity index (χ0n) is 8.80. The summed E-state index contributed by atoms with van der Waals surface area (Å²) in [6.07, 6.45) is 2.92. The lowest BCUT2D eigenvalue weighted by Gasteiger charge is -2.13. The Labute approximate surface area is 93.4 Å². The van der Waals surface area contributed by atoms with Crippen LogP contribution in [-0.2, 0) is 10.0 Å². The first-order valence-electron chi connectivity index (χ1n) is 4.81. The Bertz CT molecular complexity index is 490. The summed E-state index contributed by atoms with van der Waals surface area (Å²) in [7, 11) is -3.87. The van der Waals surface area contributed by atoms with Gasteiger partial charge in [-0.05, 0) is 6.42 Å². The van der Waals surface area contributed by atoms with Gasteiger partial charge in [-0.15, -0.1) is 0 Å². The third kappa shape index (κ3) is 2.91. The fraction of sp³-hybridized carbons (Fsp3) is 0.444. The molecule has 1 heterocycles. The van der Waals surface area contributed by atoms with Gasteiger partial charge in [0.15, 0.2) is 0 Å². The lowest BCUT2D eigenvalue weighted by atomic mass is 10.3. The van der Waals surface area contributed by atoms with Crippen molar-refractivity contribution < 1.29 is 13.5 Å². The molecule has 0 amide bonds. The van der Waals surface area contributed by atoms with Crippen molar-refractivity contribution in [3.63, 3.8) is 0 Å². The molecule has 0 aliphatic heterocycles. The molecule has 1 atom stereocenters. The Morgan fingerprint density at radius 2 is 2.25 bits per heavy atom. The molecule has 90 valence electrons. The lowest BCUT2D eigenvalue weighted by molar-refractivity contribution is 0.254. The van der Waals surface area contributed by atoms with Crippen LogP contribution in [0, 0.1) is 0 Å². The number of aromatic amines is 1. The second kappa shape index (κ2) is 5.24. The van der Waals surface area contributed by atoms with Gasteiger partial charge in [0, 0.05) is 24.5 Å². The third-order valence-electron chi connectivity index (χ3n) is 2.11. The first kappa shape index (κ1) is 12.9. The molecule has 0 aliphatic rings. The van der Waals surface area contributed by atoms with E-state index in [1.165, 1.54) is 6.20 Å². The van der Waals surface area contributed by atoms with Gasteiger partial charge < -0.3 is 10.1 Å². The number of aliphatic hydroxyl groups is 1. The highest BCUT2D eigenvalue weighted by molar-refractivity contribution is 7.89. The minimum absolute atomic E-state index is 0.305. The van der Waals surface area contributed by atoms with Crippen LogP contribution >= 0.6 is 0 Å². The summed E-state index contributed by atoms with van der Waals surface area (Å²) in [5.74, 6) is 0. The van der Waals surface area contributed by atoms with Crippen molar-refractivity contribution in [3.8, 4) is 0 Å². The zero-order chi connectivity index (χ0) is 12.2. The smallest absolute Gasteiger partial charge is 0.246 e. The van der Waals surface area contributed by atoms with E-state index in [1.54, 1.807) is 6.92 Å². The van der Waals surface area contributed by atoms with E-state index >= 15 is 0 Å². The van der Waals surface area contributed by atoms with Gasteiger partial charge in [-0.2, -0.15) is 0 Å². The maximum Gasteiger partial charge on any atom is 0.246 e. The number of sulfonamides is 1. The molecule has 16 heavy (non-hydrogen) atoms. The molecule has 0 saturated heterocycles. The zero-order valence-corrected chi connectivity index (χ0v) is 9.62. The molecule has 0 unspecified atom stereocenters. The number of pyridine rings is 1. The molecule has 1 aromatic heterocycles. The highest BCUT2D eigenvalue weighted by Gasteiger charge is 2.20. The third-order valence-corrected chi connectivity index (χ3v) is 3.65. The molecule has 3 N–H and O–H groups in total. The van der Waals surface area contributed by atoms with Crippen molar-refractivity contribution in [1.82, 2.24) is 9.71 Å². The summed E-state index contributed by atoms with van der Waals surface area (Å²) in [6, 6.07) is 0.554. The van der Waals surface area contributed by atoms with Crippen LogP contribution in [0.5, 0.6) is 0 Å². The molecule has 0 saturated carbocycles. The molecule has 7 heteroatoms. The SMILES string of the molecule is CC[C@@H](CO)NS(=O)(=O)c1c[nH]ccc1=O. The standard InChI is InChI=1S/C9H14N2O4S/c1-2-7(6-12)11-16(14,15)9-5-10-4-3-8(9)13/h3-5,7,11-12H,2,6H2,1H3,(H,10,13)/t7-/m0/s1. The second-order valence-corrected chi connectivity index (χ2v) is 4.96. The Morgan fingerprint density at radius 1 is 1.56 bits per heavy atom. The number of rotatable bonds is 5. The van der Waals surface area contributed by atoms with Gasteiger partial charge in [0.05, 0.1) is 6.61 Å². The van der Waals surface area contributed by atoms with Gasteiger partial charge >= 0.3 is 0 Å². The number of nitrogens with one attached hydrogen (secondary N) is 2. The topological polar surface area (TPSA) is 99.3 Å². The normalized spacial score (nSPS) is 13.6. The number of hydrogen-bond donors (Lipinski definition) is 3. The molecular formula is C9H14N2O4S. The van der Waals surface area contributed by atoms with Crippen LogP contribution in [0.15, 0.2) is 28.2 Å². The summed E-state index contributed by atoms with van der Waals surface area (Å²) >= 11 is 0. The average Bonchev–Trinajstić information content (AvgIpc) is 2.26. The Hall–Kier alpha value is -1.18. The van der Waals surface area contributed by atoms with Crippen LogP contribution in [0.4, 0.5) is 0 Å². The van der Waals surface area contributed by atoms with E-state index in [0.717, 1.165) is 12.3 Å². The number of hydrogen-bond acceptors (Lipinski definition) is 4. The predicted molar refractivity (Wildman–Crippen MR) is 58.5 cm³/mol. The number of aromatic nitrogens is 1. The summed E-state index contributed by atoms with van der Waals surface area (Å²) in [5.41, 5.74) is -0.584. The number of aliphatic hydroxyl groups excluding tert-OH is 1. The summed E-state index contributed by atoms with van der Waals surface area (Å²) in [4.78, 5) is 13.5. The molecule has 0 fully saturated rings. The van der Waals surface area contributed by atoms with E-state index in [4.69, 9.17) is 5.11 Å². The molecular weight excluding hydrogens is 232 g/mol. The van der Waals surface area contributed by atoms with E-state index in [0.29, 0.717) is 6.42 Å². The highest BCUT2D eigenvalue weighted by atomic mass is 32.2. The van der Waals surface area contributed by atoms with Crippen molar-refractivity contribution in [3.05, 3.63) is 28.7 Å². The quantitative estimate of drug-likeness (QED) is 0.647. The lowest BCUT2D eigenvalue weighted by Crippen LogP contribution is -2.38. The Balaban J connectivity index is 3.04. The van der Waals surface area contributed by atoms with Crippen molar-refractivity contribution in [1.29, 1.82) is 0 Å². The maximum absolute atomic E-state index is 11.7. The number of H-pyrrole nitrogens is 1.